The van der Waals surface area contributed by atoms with Crippen LogP contribution in [-0.4, -0.2) is 22.8 Å². The second kappa shape index (κ2) is 3.84. The lowest BCUT2D eigenvalue weighted by Gasteiger charge is -2.63. The Kier molecular flexibility index (Phi) is 2.49. The molecule has 7 atom stereocenters. The lowest BCUT2D eigenvalue weighted by Crippen LogP contribution is -2.61. The number of aliphatic hydroxyl groups excluding tert-OH is 1. The van der Waals surface area contributed by atoms with Gasteiger partial charge in [0.25, 0.3) is 0 Å². The molecule has 7 unspecified atom stereocenters. The summed E-state index contributed by atoms with van der Waals surface area (Å²) in [5.41, 5.74) is -0.602. The van der Waals surface area contributed by atoms with Gasteiger partial charge in [0.1, 0.15) is 11.6 Å². The summed E-state index contributed by atoms with van der Waals surface area (Å²) >= 11 is 0. The van der Waals surface area contributed by atoms with Crippen molar-refractivity contribution in [3.8, 4) is 0 Å². The van der Waals surface area contributed by atoms with Crippen molar-refractivity contribution in [2.45, 2.75) is 78.7 Å². The van der Waals surface area contributed by atoms with Crippen molar-refractivity contribution in [2.24, 2.45) is 38.9 Å². The van der Waals surface area contributed by atoms with Crippen LogP contribution in [0.3, 0.4) is 0 Å². The van der Waals surface area contributed by atoms with Gasteiger partial charge in [-0.15, -0.1) is 0 Å². The van der Waals surface area contributed by atoms with Gasteiger partial charge in [-0.25, -0.2) is 0 Å². The van der Waals surface area contributed by atoms with Crippen LogP contribution in [0.25, 0.3) is 0 Å². The molecule has 0 aromatic heterocycles. The van der Waals surface area contributed by atoms with Crippen molar-refractivity contribution < 1.29 is 14.7 Å². The van der Waals surface area contributed by atoms with Gasteiger partial charge in [-0.1, -0.05) is 27.7 Å². The Labute approximate surface area is 144 Å². The summed E-state index contributed by atoms with van der Waals surface area (Å²) < 4.78 is 0. The molecule has 0 spiro atoms. The molecule has 0 aliphatic heterocycles. The van der Waals surface area contributed by atoms with Crippen molar-refractivity contribution in [1.29, 1.82) is 0 Å². The molecule has 132 valence electrons. The van der Waals surface area contributed by atoms with Gasteiger partial charge < -0.3 is 5.11 Å². The molecular weight excluding hydrogens is 300 g/mol. The maximum absolute atomic E-state index is 12.8. The number of Topliss-reactive ketones (excluding diaryl/α,β-unsaturated/α-hetero) is 2. The van der Waals surface area contributed by atoms with Crippen LogP contribution in [-0.2, 0) is 9.59 Å². The van der Waals surface area contributed by atoms with Gasteiger partial charge >= 0.3 is 0 Å². The third-order valence-electron chi connectivity index (χ3n) is 10.2. The monoisotopic (exact) mass is 330 g/mol. The number of carbonyl (C=O) groups excluding carboxylic acids is 2. The number of hydrogen-bond donors (Lipinski definition) is 1. The molecule has 0 aromatic rings. The van der Waals surface area contributed by atoms with E-state index >= 15 is 0 Å². The summed E-state index contributed by atoms with van der Waals surface area (Å²) in [5, 5.41) is 11.3. The first-order valence-corrected chi connectivity index (χ1v) is 9.81. The molecule has 24 heavy (non-hydrogen) atoms. The van der Waals surface area contributed by atoms with Crippen LogP contribution in [0.2, 0.25) is 0 Å². The van der Waals surface area contributed by atoms with Gasteiger partial charge in [-0.2, -0.15) is 0 Å². The summed E-state index contributed by atoms with van der Waals surface area (Å²) in [6, 6.07) is 0. The van der Waals surface area contributed by atoms with E-state index in [0.717, 1.165) is 32.1 Å². The Balaban J connectivity index is 1.66. The minimum atomic E-state index is -0.376. The number of ketones is 2. The molecule has 3 heteroatoms. The molecular formula is C21H30O3. The van der Waals surface area contributed by atoms with Gasteiger partial charge in [-0.05, 0) is 54.8 Å². The number of hydrogen-bond acceptors (Lipinski definition) is 3. The van der Waals surface area contributed by atoms with Crippen LogP contribution in [0.15, 0.2) is 0 Å². The first-order chi connectivity index (χ1) is 11.1. The number of carbonyl (C=O) groups is 2. The van der Waals surface area contributed by atoms with E-state index in [1.54, 1.807) is 0 Å². The normalized spacial score (nSPS) is 60.3. The van der Waals surface area contributed by atoms with Gasteiger partial charge in [-0.3, -0.25) is 9.59 Å². The summed E-state index contributed by atoms with van der Waals surface area (Å²) in [5.74, 6) is 1.47. The maximum Gasteiger partial charge on any atom is 0.139 e. The zero-order chi connectivity index (χ0) is 17.3. The highest BCUT2D eigenvalue weighted by atomic mass is 16.3. The summed E-state index contributed by atoms with van der Waals surface area (Å²) in [6.45, 7) is 8.77. The lowest BCUT2D eigenvalue weighted by molar-refractivity contribution is -0.196. The van der Waals surface area contributed by atoms with E-state index in [1.807, 2.05) is 0 Å². The summed E-state index contributed by atoms with van der Waals surface area (Å²) in [6.07, 6.45) is 5.70. The van der Waals surface area contributed by atoms with Gasteiger partial charge in [0.05, 0.1) is 6.10 Å². The van der Waals surface area contributed by atoms with Crippen molar-refractivity contribution in [2.75, 3.05) is 0 Å². The van der Waals surface area contributed by atoms with Crippen LogP contribution in [0.1, 0.15) is 72.6 Å². The van der Waals surface area contributed by atoms with E-state index in [4.69, 9.17) is 0 Å². The third-order valence-corrected chi connectivity index (χ3v) is 10.2. The predicted octanol–water partition coefficient (Wildman–Crippen LogP) is 3.53. The maximum atomic E-state index is 12.8. The average molecular weight is 330 g/mol. The van der Waals surface area contributed by atoms with Crippen molar-refractivity contribution in [3.63, 3.8) is 0 Å². The zero-order valence-corrected chi connectivity index (χ0v) is 15.4. The molecule has 5 saturated carbocycles. The highest BCUT2D eigenvalue weighted by molar-refractivity contribution is 5.93. The molecule has 0 heterocycles. The zero-order valence-electron chi connectivity index (χ0n) is 15.4. The molecule has 0 amide bonds. The van der Waals surface area contributed by atoms with Crippen LogP contribution < -0.4 is 0 Å². The van der Waals surface area contributed by atoms with E-state index in [-0.39, 0.29) is 39.1 Å². The van der Waals surface area contributed by atoms with Crippen LogP contribution in [0, 0.1) is 38.9 Å². The number of aliphatic hydroxyl groups is 1. The fourth-order valence-electron chi connectivity index (χ4n) is 8.88. The second-order valence-electron chi connectivity index (χ2n) is 10.8. The molecule has 5 aliphatic carbocycles. The van der Waals surface area contributed by atoms with E-state index in [1.165, 1.54) is 0 Å². The highest BCUT2D eigenvalue weighted by Crippen LogP contribution is 2.88. The predicted molar refractivity (Wildman–Crippen MR) is 90.2 cm³/mol. The molecule has 5 fully saturated rings. The Bertz CT molecular complexity index is 681. The first kappa shape index (κ1) is 15.5. The molecule has 0 aromatic carbocycles. The van der Waals surface area contributed by atoms with Crippen LogP contribution in [0.5, 0.6) is 0 Å². The summed E-state index contributed by atoms with van der Waals surface area (Å²) in [7, 11) is 0. The Hall–Kier alpha value is -0.700. The van der Waals surface area contributed by atoms with Crippen molar-refractivity contribution in [3.05, 3.63) is 0 Å². The smallest absolute Gasteiger partial charge is 0.139 e. The molecule has 1 N–H and O–H groups in total. The van der Waals surface area contributed by atoms with E-state index in [0.29, 0.717) is 30.3 Å². The Morgan fingerprint density at radius 1 is 1.00 bits per heavy atom. The second-order valence-corrected chi connectivity index (χ2v) is 10.8. The molecule has 3 nitrogen and oxygen atoms in total. The van der Waals surface area contributed by atoms with E-state index in [9.17, 15) is 14.7 Å². The fourth-order valence-corrected chi connectivity index (χ4v) is 8.88. The van der Waals surface area contributed by atoms with Crippen molar-refractivity contribution >= 4 is 11.6 Å². The van der Waals surface area contributed by atoms with Crippen LogP contribution in [0.4, 0.5) is 0 Å². The molecule has 0 saturated heterocycles. The van der Waals surface area contributed by atoms with Gasteiger partial charge in [0, 0.05) is 29.1 Å². The van der Waals surface area contributed by atoms with Crippen LogP contribution >= 0.6 is 0 Å². The average Bonchev–Trinajstić information content (AvgIpc) is 3.07. The first-order valence-electron chi connectivity index (χ1n) is 9.81. The topological polar surface area (TPSA) is 54.4 Å². The van der Waals surface area contributed by atoms with Gasteiger partial charge in [0.15, 0.2) is 0 Å². The quantitative estimate of drug-likeness (QED) is 0.739. The van der Waals surface area contributed by atoms with E-state index in [2.05, 4.69) is 27.7 Å². The minimum absolute atomic E-state index is 0.0102. The van der Waals surface area contributed by atoms with E-state index < -0.39 is 0 Å². The standard InChI is InChI=1S/C21H30O3/c1-17(2)13-9-15(23)19(4)12(18(13,3)10-16(17)24)5-7-20-11-21(19,20)8-6-14(20)22/h12-13,15,23H,5-11H2,1-4H3. The molecule has 0 bridgehead atoms. The largest absolute Gasteiger partial charge is 0.393 e. The highest BCUT2D eigenvalue weighted by Gasteiger charge is 2.86. The third kappa shape index (κ3) is 1.24. The Morgan fingerprint density at radius 2 is 1.71 bits per heavy atom. The molecule has 5 aliphatic rings. The lowest BCUT2D eigenvalue weighted by atomic mass is 9.42. The fraction of sp³-hybridized carbons (Fsp3) is 0.905. The minimum Gasteiger partial charge on any atom is -0.393 e. The summed E-state index contributed by atoms with van der Waals surface area (Å²) in [4.78, 5) is 25.4. The number of fused-ring (bicyclic) bond motifs is 3. The molecule has 0 radical (unpaired) electrons. The number of rotatable bonds is 0. The SMILES string of the molecule is CC1(C)C(=O)CC2(C)C1CC(O)C1(C)C2CCC23CC21CCC3=O. The van der Waals surface area contributed by atoms with Gasteiger partial charge in [0.2, 0.25) is 0 Å². The molecule has 5 rings (SSSR count). The Morgan fingerprint density at radius 3 is 2.42 bits per heavy atom. The van der Waals surface area contributed by atoms with Crippen molar-refractivity contribution in [1.82, 2.24) is 0 Å².